The lowest BCUT2D eigenvalue weighted by Crippen LogP contribution is -2.58. The number of carbonyl (C=O) groups is 4. The molecule has 4 amide bonds. The Morgan fingerprint density at radius 1 is 1.14 bits per heavy atom. The lowest BCUT2D eigenvalue weighted by molar-refractivity contribution is -0.154. The van der Waals surface area contributed by atoms with Gasteiger partial charge in [-0.15, -0.1) is 0 Å². The average Bonchev–Trinajstić information content (AvgIpc) is 2.45. The van der Waals surface area contributed by atoms with Crippen molar-refractivity contribution in [3.63, 3.8) is 0 Å². The standard InChI is InChI=1S/C16H20N2O4/c1-3-5-10-9-14(20)18(16(22)11(10)6-4-2)12-7-8-13(19)17-15(12)21/h5-6,12H,3-4,7-9H2,1-2H3,(H,17,19,21)/b10-5-,11-6+. The quantitative estimate of drug-likeness (QED) is 0.628. The minimum atomic E-state index is -0.888. The SMILES string of the molecule is CC/C=C1/CC(=O)N(C2CCC(=O)NC2=O)C(=O)/C1=C/CC. The Bertz CT molecular complexity index is 589. The largest absolute Gasteiger partial charge is 0.295 e. The third-order valence-corrected chi connectivity index (χ3v) is 3.79. The summed E-state index contributed by atoms with van der Waals surface area (Å²) in [6.07, 6.45) is 5.50. The van der Waals surface area contributed by atoms with E-state index in [4.69, 9.17) is 0 Å². The number of nitrogens with zero attached hydrogens (tertiary/aromatic N) is 1. The summed E-state index contributed by atoms with van der Waals surface area (Å²) in [4.78, 5) is 49.2. The first-order chi connectivity index (χ1) is 10.5. The van der Waals surface area contributed by atoms with Crippen LogP contribution >= 0.6 is 0 Å². The van der Waals surface area contributed by atoms with Gasteiger partial charge in [-0.2, -0.15) is 0 Å². The number of piperidine rings is 2. The lowest BCUT2D eigenvalue weighted by atomic mass is 9.91. The highest BCUT2D eigenvalue weighted by Crippen LogP contribution is 2.28. The highest BCUT2D eigenvalue weighted by molar-refractivity contribution is 6.15. The van der Waals surface area contributed by atoms with Crippen molar-refractivity contribution >= 4 is 23.6 Å². The molecule has 2 heterocycles. The van der Waals surface area contributed by atoms with Crippen molar-refractivity contribution in [2.75, 3.05) is 0 Å². The summed E-state index contributed by atoms with van der Waals surface area (Å²) < 4.78 is 0. The molecule has 1 unspecified atom stereocenters. The molecule has 118 valence electrons. The summed E-state index contributed by atoms with van der Waals surface area (Å²) in [6, 6.07) is -0.888. The summed E-state index contributed by atoms with van der Waals surface area (Å²) in [6.45, 7) is 3.86. The molecule has 2 aliphatic heterocycles. The smallest absolute Gasteiger partial charge is 0.261 e. The van der Waals surface area contributed by atoms with E-state index < -0.39 is 17.9 Å². The number of nitrogens with one attached hydrogen (secondary N) is 1. The van der Waals surface area contributed by atoms with E-state index in [0.717, 1.165) is 16.9 Å². The predicted octanol–water partition coefficient (Wildman–Crippen LogP) is 1.22. The van der Waals surface area contributed by atoms with Gasteiger partial charge in [0.2, 0.25) is 17.7 Å². The van der Waals surface area contributed by atoms with E-state index in [-0.39, 0.29) is 31.1 Å². The Balaban J connectivity index is 2.33. The number of carbonyl (C=O) groups excluding carboxylic acids is 4. The van der Waals surface area contributed by atoms with Crippen LogP contribution in [0.4, 0.5) is 0 Å². The normalized spacial score (nSPS) is 26.8. The van der Waals surface area contributed by atoms with E-state index >= 15 is 0 Å². The number of hydrogen-bond donors (Lipinski definition) is 1. The summed E-state index contributed by atoms with van der Waals surface area (Å²) >= 11 is 0. The fraction of sp³-hybridized carbons (Fsp3) is 0.500. The van der Waals surface area contributed by atoms with Gasteiger partial charge in [-0.25, -0.2) is 0 Å². The first kappa shape index (κ1) is 16.1. The van der Waals surface area contributed by atoms with Crippen LogP contribution in [0.25, 0.3) is 0 Å². The molecule has 0 aromatic heterocycles. The van der Waals surface area contributed by atoms with Crippen LogP contribution in [0.5, 0.6) is 0 Å². The fourth-order valence-electron chi connectivity index (χ4n) is 2.82. The molecule has 0 saturated carbocycles. The second-order valence-electron chi connectivity index (χ2n) is 5.38. The lowest BCUT2D eigenvalue weighted by Gasteiger charge is -2.35. The summed E-state index contributed by atoms with van der Waals surface area (Å²) in [5.74, 6) is -1.76. The molecule has 2 fully saturated rings. The topological polar surface area (TPSA) is 83.6 Å². The summed E-state index contributed by atoms with van der Waals surface area (Å²) in [5, 5.41) is 2.19. The van der Waals surface area contributed by atoms with Crippen molar-refractivity contribution in [2.24, 2.45) is 0 Å². The van der Waals surface area contributed by atoms with Gasteiger partial charge in [0.05, 0.1) is 6.42 Å². The molecule has 2 aliphatic rings. The number of rotatable bonds is 3. The van der Waals surface area contributed by atoms with Crippen molar-refractivity contribution in [2.45, 2.75) is 52.0 Å². The zero-order valence-corrected chi connectivity index (χ0v) is 12.8. The highest BCUT2D eigenvalue weighted by atomic mass is 16.2. The molecule has 0 aliphatic carbocycles. The van der Waals surface area contributed by atoms with E-state index in [9.17, 15) is 19.2 Å². The van der Waals surface area contributed by atoms with Crippen LogP contribution in [-0.4, -0.2) is 34.6 Å². The molecule has 6 nitrogen and oxygen atoms in total. The third-order valence-electron chi connectivity index (χ3n) is 3.79. The molecular weight excluding hydrogens is 284 g/mol. The number of hydrogen-bond acceptors (Lipinski definition) is 4. The van der Waals surface area contributed by atoms with Crippen molar-refractivity contribution in [1.82, 2.24) is 10.2 Å². The molecule has 0 radical (unpaired) electrons. The molecule has 22 heavy (non-hydrogen) atoms. The van der Waals surface area contributed by atoms with Gasteiger partial charge in [0.1, 0.15) is 6.04 Å². The maximum Gasteiger partial charge on any atom is 0.261 e. The van der Waals surface area contributed by atoms with Crippen LogP contribution in [0.15, 0.2) is 23.3 Å². The van der Waals surface area contributed by atoms with Gasteiger partial charge in [0.15, 0.2) is 0 Å². The Kier molecular flexibility index (Phi) is 4.90. The molecule has 6 heteroatoms. The Morgan fingerprint density at radius 3 is 2.41 bits per heavy atom. The Labute approximate surface area is 129 Å². The maximum absolute atomic E-state index is 12.7. The Morgan fingerprint density at radius 2 is 1.82 bits per heavy atom. The number of likely N-dealkylation sites (tertiary alicyclic amines) is 1. The number of allylic oxidation sites excluding steroid dienone is 2. The van der Waals surface area contributed by atoms with E-state index in [1.807, 2.05) is 19.9 Å². The van der Waals surface area contributed by atoms with Crippen LogP contribution in [0.1, 0.15) is 46.0 Å². The minimum Gasteiger partial charge on any atom is -0.295 e. The Hall–Kier alpha value is -2.24. The van der Waals surface area contributed by atoms with Gasteiger partial charge in [-0.05, 0) is 24.8 Å². The minimum absolute atomic E-state index is 0.114. The molecule has 2 rings (SSSR count). The third kappa shape index (κ3) is 3.00. The fourth-order valence-corrected chi connectivity index (χ4v) is 2.82. The molecule has 2 saturated heterocycles. The number of imide groups is 2. The van der Waals surface area contributed by atoms with Gasteiger partial charge >= 0.3 is 0 Å². The maximum atomic E-state index is 12.7. The first-order valence-electron chi connectivity index (χ1n) is 7.59. The molecular formula is C16H20N2O4. The zero-order chi connectivity index (χ0) is 16.3. The second-order valence-corrected chi connectivity index (χ2v) is 5.38. The van der Waals surface area contributed by atoms with Gasteiger partial charge in [-0.3, -0.25) is 29.4 Å². The van der Waals surface area contributed by atoms with E-state index in [1.165, 1.54) is 0 Å². The molecule has 0 aromatic carbocycles. The number of amides is 4. The van der Waals surface area contributed by atoms with E-state index in [2.05, 4.69) is 5.32 Å². The van der Waals surface area contributed by atoms with Crippen LogP contribution in [-0.2, 0) is 19.2 Å². The summed E-state index contributed by atoms with van der Waals surface area (Å²) in [5.41, 5.74) is 1.22. The van der Waals surface area contributed by atoms with Crippen molar-refractivity contribution in [3.8, 4) is 0 Å². The van der Waals surface area contributed by atoms with E-state index in [0.29, 0.717) is 12.0 Å². The van der Waals surface area contributed by atoms with Crippen LogP contribution in [0.2, 0.25) is 0 Å². The van der Waals surface area contributed by atoms with Gasteiger partial charge in [0.25, 0.3) is 5.91 Å². The van der Waals surface area contributed by atoms with Gasteiger partial charge in [0, 0.05) is 12.0 Å². The average molecular weight is 304 g/mol. The monoisotopic (exact) mass is 304 g/mol. The molecule has 0 bridgehead atoms. The van der Waals surface area contributed by atoms with Crippen LogP contribution in [0.3, 0.4) is 0 Å². The second kappa shape index (κ2) is 6.68. The molecule has 1 N–H and O–H groups in total. The van der Waals surface area contributed by atoms with Crippen molar-refractivity contribution in [3.05, 3.63) is 23.3 Å². The van der Waals surface area contributed by atoms with Crippen LogP contribution in [0, 0.1) is 0 Å². The first-order valence-corrected chi connectivity index (χ1v) is 7.59. The molecule has 1 atom stereocenters. The molecule has 0 aromatic rings. The zero-order valence-electron chi connectivity index (χ0n) is 12.8. The predicted molar refractivity (Wildman–Crippen MR) is 79.4 cm³/mol. The summed E-state index contributed by atoms with van der Waals surface area (Å²) in [7, 11) is 0. The molecule has 0 spiro atoms. The van der Waals surface area contributed by atoms with Gasteiger partial charge < -0.3 is 0 Å². The van der Waals surface area contributed by atoms with E-state index in [1.54, 1.807) is 6.08 Å². The van der Waals surface area contributed by atoms with Gasteiger partial charge in [-0.1, -0.05) is 26.0 Å². The highest BCUT2D eigenvalue weighted by Gasteiger charge is 2.42. The van der Waals surface area contributed by atoms with Crippen LogP contribution < -0.4 is 5.32 Å². The van der Waals surface area contributed by atoms with Crippen molar-refractivity contribution < 1.29 is 19.2 Å². The van der Waals surface area contributed by atoms with Crippen molar-refractivity contribution in [1.29, 1.82) is 0 Å².